The lowest BCUT2D eigenvalue weighted by Gasteiger charge is -2.14. The predicted octanol–water partition coefficient (Wildman–Crippen LogP) is 5.93. The largest absolute Gasteiger partial charge is 0.506 e. The first-order valence-electron chi connectivity index (χ1n) is 8.14. The molecule has 0 radical (unpaired) electrons. The van der Waals surface area contributed by atoms with Gasteiger partial charge in [-0.2, -0.15) is 0 Å². The van der Waals surface area contributed by atoms with Crippen molar-refractivity contribution in [3.05, 3.63) is 94.2 Å². The van der Waals surface area contributed by atoms with Crippen molar-refractivity contribution in [2.45, 2.75) is 6.92 Å². The minimum atomic E-state index is 0.0133. The number of rotatable bonds is 4. The molecule has 1 heterocycles. The van der Waals surface area contributed by atoms with Crippen LogP contribution in [0, 0.1) is 6.92 Å². The number of benzene rings is 2. The molecule has 0 saturated carbocycles. The summed E-state index contributed by atoms with van der Waals surface area (Å²) in [5.74, 6) is 0.574. The summed E-state index contributed by atoms with van der Waals surface area (Å²) in [6, 6.07) is 14.1. The van der Waals surface area contributed by atoms with Crippen molar-refractivity contribution in [2.24, 2.45) is 4.99 Å². The summed E-state index contributed by atoms with van der Waals surface area (Å²) in [4.78, 5) is 8.78. The summed E-state index contributed by atoms with van der Waals surface area (Å²) in [6.45, 7) is 6.02. The van der Waals surface area contributed by atoms with Gasteiger partial charge in [-0.3, -0.25) is 4.98 Å². The predicted molar refractivity (Wildman–Crippen MR) is 113 cm³/mol. The number of nitrogens with one attached hydrogen (secondary N) is 1. The van der Waals surface area contributed by atoms with Crippen molar-refractivity contribution in [3.8, 4) is 5.75 Å². The molecule has 0 aliphatic heterocycles. The third-order valence-electron chi connectivity index (χ3n) is 3.91. The molecule has 0 amide bonds. The van der Waals surface area contributed by atoms with Crippen LogP contribution in [0.25, 0.3) is 5.70 Å². The number of amidine groups is 1. The summed E-state index contributed by atoms with van der Waals surface area (Å²) in [6.07, 6.45) is 3.39. The van der Waals surface area contributed by atoms with Crippen LogP contribution in [0.3, 0.4) is 0 Å². The van der Waals surface area contributed by atoms with E-state index < -0.39 is 0 Å². The highest BCUT2D eigenvalue weighted by molar-refractivity contribution is 6.32. The van der Waals surface area contributed by atoms with Gasteiger partial charge in [0.1, 0.15) is 11.6 Å². The monoisotopic (exact) mass is 397 g/mol. The molecular formula is C21H17Cl2N3O. The Bertz CT molecular complexity index is 1020. The molecule has 0 spiro atoms. The second kappa shape index (κ2) is 8.25. The number of aryl methyl sites for hydroxylation is 1. The minimum absolute atomic E-state index is 0.0133. The van der Waals surface area contributed by atoms with Crippen molar-refractivity contribution in [2.75, 3.05) is 5.32 Å². The van der Waals surface area contributed by atoms with Crippen LogP contribution in [0.2, 0.25) is 10.0 Å². The van der Waals surface area contributed by atoms with Crippen LogP contribution in [0.1, 0.15) is 16.7 Å². The van der Waals surface area contributed by atoms with E-state index in [1.165, 1.54) is 6.07 Å². The van der Waals surface area contributed by atoms with E-state index in [0.29, 0.717) is 22.2 Å². The van der Waals surface area contributed by atoms with Gasteiger partial charge < -0.3 is 10.4 Å². The Morgan fingerprint density at radius 3 is 2.67 bits per heavy atom. The second-order valence-electron chi connectivity index (χ2n) is 5.90. The molecule has 27 heavy (non-hydrogen) atoms. The summed E-state index contributed by atoms with van der Waals surface area (Å²) >= 11 is 12.2. The van der Waals surface area contributed by atoms with E-state index in [4.69, 9.17) is 23.2 Å². The molecule has 0 unspecified atom stereocenters. The van der Waals surface area contributed by atoms with Gasteiger partial charge in [-0.1, -0.05) is 35.8 Å². The van der Waals surface area contributed by atoms with Gasteiger partial charge >= 0.3 is 0 Å². The summed E-state index contributed by atoms with van der Waals surface area (Å²) in [5, 5.41) is 13.7. The lowest BCUT2D eigenvalue weighted by Crippen LogP contribution is -2.15. The van der Waals surface area contributed by atoms with E-state index in [1.54, 1.807) is 24.5 Å². The third-order valence-corrected chi connectivity index (χ3v) is 4.44. The Labute approximate surface area is 167 Å². The molecule has 136 valence electrons. The van der Waals surface area contributed by atoms with Crippen LogP contribution in [0.4, 0.5) is 5.69 Å². The van der Waals surface area contributed by atoms with Gasteiger partial charge in [0.25, 0.3) is 0 Å². The summed E-state index contributed by atoms with van der Waals surface area (Å²) in [7, 11) is 0. The highest BCUT2D eigenvalue weighted by Crippen LogP contribution is 2.27. The molecule has 0 saturated heterocycles. The van der Waals surface area contributed by atoms with Gasteiger partial charge in [0.15, 0.2) is 0 Å². The molecule has 1 aromatic heterocycles. The number of pyridine rings is 1. The van der Waals surface area contributed by atoms with Crippen molar-refractivity contribution >= 4 is 40.4 Å². The van der Waals surface area contributed by atoms with E-state index >= 15 is 0 Å². The standard InChI is InChI=1S/C21H17Cl2N3O/c1-13-5-6-16(22)10-18(13)21(25-14(2)15-4-3-9-24-12-15)26-17-7-8-20(27)19(23)11-17/h3-12,27H,2H2,1H3,(H,25,26). The van der Waals surface area contributed by atoms with Crippen LogP contribution in [-0.4, -0.2) is 15.9 Å². The highest BCUT2D eigenvalue weighted by atomic mass is 35.5. The van der Waals surface area contributed by atoms with Gasteiger partial charge in [0.05, 0.1) is 10.7 Å². The van der Waals surface area contributed by atoms with E-state index in [9.17, 15) is 5.11 Å². The van der Waals surface area contributed by atoms with Crippen LogP contribution in [0.15, 0.2) is 72.5 Å². The molecule has 0 bridgehead atoms. The first-order chi connectivity index (χ1) is 12.9. The minimum Gasteiger partial charge on any atom is -0.506 e. The number of halogens is 2. The van der Waals surface area contributed by atoms with E-state index in [1.807, 2.05) is 37.3 Å². The Hall–Kier alpha value is -2.82. The number of aromatic hydroxyl groups is 1. The molecule has 2 aromatic carbocycles. The Balaban J connectivity index is 2.05. The van der Waals surface area contributed by atoms with Crippen LogP contribution < -0.4 is 5.32 Å². The van der Waals surface area contributed by atoms with E-state index in [0.717, 1.165) is 16.7 Å². The molecular weight excluding hydrogens is 381 g/mol. The SMILES string of the molecule is C=C(N=C(Nc1ccc(O)c(Cl)c1)c1cc(Cl)ccc1C)c1cccnc1. The zero-order valence-corrected chi connectivity index (χ0v) is 16.1. The van der Waals surface area contributed by atoms with Crippen LogP contribution in [0.5, 0.6) is 5.75 Å². The maximum Gasteiger partial charge on any atom is 0.138 e. The van der Waals surface area contributed by atoms with Gasteiger partial charge in [0.2, 0.25) is 0 Å². The fourth-order valence-corrected chi connectivity index (χ4v) is 2.81. The first kappa shape index (κ1) is 19.0. The highest BCUT2D eigenvalue weighted by Gasteiger charge is 2.11. The smallest absolute Gasteiger partial charge is 0.138 e. The molecule has 2 N–H and O–H groups in total. The fraction of sp³-hybridized carbons (Fsp3) is 0.0476. The molecule has 3 rings (SSSR count). The number of aromatic nitrogens is 1. The van der Waals surface area contributed by atoms with Gasteiger partial charge in [-0.15, -0.1) is 0 Å². The van der Waals surface area contributed by atoms with Gasteiger partial charge in [-0.05, 0) is 55.0 Å². The average Bonchev–Trinajstić information content (AvgIpc) is 2.67. The average molecular weight is 398 g/mol. The quantitative estimate of drug-likeness (QED) is 0.325. The topological polar surface area (TPSA) is 57.5 Å². The van der Waals surface area contributed by atoms with Crippen molar-refractivity contribution in [3.63, 3.8) is 0 Å². The number of phenols is 1. The van der Waals surface area contributed by atoms with Crippen LogP contribution >= 0.6 is 23.2 Å². The number of hydrogen-bond donors (Lipinski definition) is 2. The molecule has 0 aliphatic rings. The molecule has 4 nitrogen and oxygen atoms in total. The van der Waals surface area contributed by atoms with Crippen molar-refractivity contribution < 1.29 is 5.11 Å². The summed E-state index contributed by atoms with van der Waals surface area (Å²) in [5.41, 5.74) is 3.86. The first-order valence-corrected chi connectivity index (χ1v) is 8.89. The lowest BCUT2D eigenvalue weighted by molar-refractivity contribution is 0.475. The molecule has 3 aromatic rings. The Morgan fingerprint density at radius 1 is 1.15 bits per heavy atom. The Kier molecular flexibility index (Phi) is 5.79. The number of nitrogens with zero attached hydrogens (tertiary/aromatic N) is 2. The molecule has 0 aliphatic carbocycles. The number of aliphatic imine (C=N–C) groups is 1. The zero-order chi connectivity index (χ0) is 19.4. The number of anilines is 1. The fourth-order valence-electron chi connectivity index (χ4n) is 2.46. The number of hydrogen-bond acceptors (Lipinski definition) is 3. The normalized spacial score (nSPS) is 11.3. The molecule has 0 atom stereocenters. The zero-order valence-electron chi connectivity index (χ0n) is 14.6. The molecule has 6 heteroatoms. The van der Waals surface area contributed by atoms with Crippen molar-refractivity contribution in [1.82, 2.24) is 4.98 Å². The maximum absolute atomic E-state index is 9.64. The summed E-state index contributed by atoms with van der Waals surface area (Å²) < 4.78 is 0. The van der Waals surface area contributed by atoms with Gasteiger partial charge in [0, 0.05) is 34.2 Å². The second-order valence-corrected chi connectivity index (χ2v) is 6.74. The lowest BCUT2D eigenvalue weighted by atomic mass is 10.1. The van der Waals surface area contributed by atoms with Gasteiger partial charge in [-0.25, -0.2) is 4.99 Å². The van der Waals surface area contributed by atoms with Crippen LogP contribution in [-0.2, 0) is 0 Å². The van der Waals surface area contributed by atoms with E-state index in [2.05, 4.69) is 21.9 Å². The Morgan fingerprint density at radius 2 is 1.96 bits per heavy atom. The van der Waals surface area contributed by atoms with Crippen molar-refractivity contribution in [1.29, 1.82) is 0 Å². The van der Waals surface area contributed by atoms with E-state index in [-0.39, 0.29) is 10.8 Å². The maximum atomic E-state index is 9.64. The third kappa shape index (κ3) is 4.67. The molecule has 0 fully saturated rings. The number of phenolic OH excluding ortho intramolecular Hbond substituents is 1.